The molecule has 0 N–H and O–H groups in total. The van der Waals surface area contributed by atoms with Crippen molar-refractivity contribution in [3.63, 3.8) is 0 Å². The van der Waals surface area contributed by atoms with E-state index in [-0.39, 0.29) is 30.7 Å². The topological polar surface area (TPSA) is 70.8 Å². The Morgan fingerprint density at radius 3 is 2.34 bits per heavy atom. The standard InChI is InChI=1S/C22H20N2O4S/c25-20(23(14-16-6-4-12-28-16)15-17-7-5-13-29-17)10-3-11-24-21(26)18-8-1-2-9-19(18)22(24)27/h1-2,4-9,12-13H,3,10-11,14-15H2. The molecule has 2 aromatic heterocycles. The van der Waals surface area contributed by atoms with Gasteiger partial charge in [0.1, 0.15) is 5.76 Å². The predicted octanol–water partition coefficient (Wildman–Crippen LogP) is 3.95. The molecule has 1 aliphatic heterocycles. The van der Waals surface area contributed by atoms with Crippen molar-refractivity contribution < 1.29 is 18.8 Å². The maximum Gasteiger partial charge on any atom is 0.261 e. The number of furan rings is 1. The first-order chi connectivity index (χ1) is 14.1. The number of carbonyl (C=O) groups is 3. The lowest BCUT2D eigenvalue weighted by Crippen LogP contribution is -2.33. The summed E-state index contributed by atoms with van der Waals surface area (Å²) in [5.74, 6) is 0.106. The van der Waals surface area contributed by atoms with Crippen molar-refractivity contribution in [3.05, 3.63) is 81.9 Å². The van der Waals surface area contributed by atoms with Crippen molar-refractivity contribution in [2.45, 2.75) is 25.9 Å². The van der Waals surface area contributed by atoms with E-state index >= 15 is 0 Å². The third kappa shape index (κ3) is 4.14. The van der Waals surface area contributed by atoms with Crippen LogP contribution < -0.4 is 0 Å². The highest BCUT2D eigenvalue weighted by Gasteiger charge is 2.34. The molecule has 0 fully saturated rings. The Morgan fingerprint density at radius 1 is 0.966 bits per heavy atom. The molecule has 0 unspecified atom stereocenters. The Labute approximate surface area is 172 Å². The number of hydrogen-bond acceptors (Lipinski definition) is 5. The summed E-state index contributed by atoms with van der Waals surface area (Å²) in [5, 5.41) is 1.98. The van der Waals surface area contributed by atoms with Gasteiger partial charge in [-0.2, -0.15) is 0 Å². The van der Waals surface area contributed by atoms with Gasteiger partial charge in [0, 0.05) is 17.8 Å². The van der Waals surface area contributed by atoms with Crippen LogP contribution in [0.3, 0.4) is 0 Å². The quantitative estimate of drug-likeness (QED) is 0.529. The number of nitrogens with zero attached hydrogens (tertiary/aromatic N) is 2. The number of thiophene rings is 1. The zero-order valence-corrected chi connectivity index (χ0v) is 16.6. The van der Waals surface area contributed by atoms with Gasteiger partial charge in [-0.1, -0.05) is 18.2 Å². The largest absolute Gasteiger partial charge is 0.467 e. The van der Waals surface area contributed by atoms with Crippen LogP contribution in [0.5, 0.6) is 0 Å². The monoisotopic (exact) mass is 408 g/mol. The van der Waals surface area contributed by atoms with Crippen LogP contribution in [0.2, 0.25) is 0 Å². The predicted molar refractivity (Wildman–Crippen MR) is 108 cm³/mol. The van der Waals surface area contributed by atoms with Gasteiger partial charge in [-0.15, -0.1) is 11.3 Å². The van der Waals surface area contributed by atoms with Gasteiger partial charge in [0.05, 0.1) is 30.5 Å². The summed E-state index contributed by atoms with van der Waals surface area (Å²) >= 11 is 1.60. The van der Waals surface area contributed by atoms with Crippen LogP contribution in [0, 0.1) is 0 Å². The second-order valence-corrected chi connectivity index (χ2v) is 7.85. The molecule has 0 aliphatic carbocycles. The highest BCUT2D eigenvalue weighted by Crippen LogP contribution is 2.23. The highest BCUT2D eigenvalue weighted by atomic mass is 32.1. The maximum atomic E-state index is 12.9. The lowest BCUT2D eigenvalue weighted by Gasteiger charge is -2.22. The molecule has 0 bridgehead atoms. The van der Waals surface area contributed by atoms with Crippen LogP contribution >= 0.6 is 11.3 Å². The molecule has 29 heavy (non-hydrogen) atoms. The lowest BCUT2D eigenvalue weighted by molar-refractivity contribution is -0.132. The summed E-state index contributed by atoms with van der Waals surface area (Å²) in [6.07, 6.45) is 2.26. The molecule has 148 valence electrons. The highest BCUT2D eigenvalue weighted by molar-refractivity contribution is 7.09. The summed E-state index contributed by atoms with van der Waals surface area (Å²) in [4.78, 5) is 41.8. The molecular weight excluding hydrogens is 388 g/mol. The number of rotatable bonds is 8. The molecule has 7 heteroatoms. The smallest absolute Gasteiger partial charge is 0.261 e. The Hall–Kier alpha value is -3.19. The Bertz CT molecular complexity index is 940. The van der Waals surface area contributed by atoms with Crippen LogP contribution in [0.15, 0.2) is 64.6 Å². The lowest BCUT2D eigenvalue weighted by atomic mass is 10.1. The molecule has 0 radical (unpaired) electrons. The van der Waals surface area contributed by atoms with Gasteiger partial charge < -0.3 is 9.32 Å². The Morgan fingerprint density at radius 2 is 1.72 bits per heavy atom. The van der Waals surface area contributed by atoms with E-state index in [1.165, 1.54) is 4.90 Å². The van der Waals surface area contributed by atoms with Crippen LogP contribution in [-0.2, 0) is 17.9 Å². The number of benzene rings is 1. The van der Waals surface area contributed by atoms with Crippen molar-refractivity contribution in [2.75, 3.05) is 6.54 Å². The average molecular weight is 408 g/mol. The molecule has 0 spiro atoms. The zero-order valence-electron chi connectivity index (χ0n) is 15.7. The van der Waals surface area contributed by atoms with E-state index < -0.39 is 0 Å². The second-order valence-electron chi connectivity index (χ2n) is 6.82. The number of amides is 3. The van der Waals surface area contributed by atoms with Crippen molar-refractivity contribution in [1.82, 2.24) is 9.80 Å². The van der Waals surface area contributed by atoms with Gasteiger partial charge in [0.25, 0.3) is 11.8 Å². The zero-order chi connectivity index (χ0) is 20.2. The Kier molecular flexibility index (Phi) is 5.57. The summed E-state index contributed by atoms with van der Waals surface area (Å²) in [7, 11) is 0. The minimum atomic E-state index is -0.288. The first kappa shape index (κ1) is 19.1. The van der Waals surface area contributed by atoms with E-state index in [9.17, 15) is 14.4 Å². The summed E-state index contributed by atoms with van der Waals surface area (Å²) in [6, 6.07) is 14.4. The van der Waals surface area contributed by atoms with Crippen molar-refractivity contribution in [3.8, 4) is 0 Å². The van der Waals surface area contributed by atoms with Crippen LogP contribution in [-0.4, -0.2) is 34.1 Å². The first-order valence-corrected chi connectivity index (χ1v) is 10.3. The number of imide groups is 1. The van der Waals surface area contributed by atoms with Gasteiger partial charge in [-0.05, 0) is 42.1 Å². The third-order valence-electron chi connectivity index (χ3n) is 4.86. The van der Waals surface area contributed by atoms with Gasteiger partial charge >= 0.3 is 0 Å². The van der Waals surface area contributed by atoms with Crippen LogP contribution in [0.4, 0.5) is 0 Å². The average Bonchev–Trinajstić information content (AvgIpc) is 3.47. The van der Waals surface area contributed by atoms with E-state index in [2.05, 4.69) is 0 Å². The van der Waals surface area contributed by atoms with Crippen LogP contribution in [0.1, 0.15) is 44.2 Å². The van der Waals surface area contributed by atoms with E-state index in [1.54, 1.807) is 52.8 Å². The fraction of sp³-hybridized carbons (Fsp3) is 0.227. The first-order valence-electron chi connectivity index (χ1n) is 9.41. The van der Waals surface area contributed by atoms with Crippen molar-refractivity contribution >= 4 is 29.1 Å². The molecule has 3 heterocycles. The molecule has 3 amide bonds. The number of fused-ring (bicyclic) bond motifs is 1. The van der Waals surface area contributed by atoms with E-state index in [0.29, 0.717) is 30.6 Å². The van der Waals surface area contributed by atoms with E-state index in [4.69, 9.17) is 4.42 Å². The number of hydrogen-bond donors (Lipinski definition) is 0. The molecule has 4 rings (SSSR count). The summed E-state index contributed by atoms with van der Waals surface area (Å²) in [5.41, 5.74) is 0.863. The van der Waals surface area contributed by atoms with Crippen LogP contribution in [0.25, 0.3) is 0 Å². The normalized spacial score (nSPS) is 13.0. The van der Waals surface area contributed by atoms with Gasteiger partial charge in [0.15, 0.2) is 0 Å². The summed E-state index contributed by atoms with van der Waals surface area (Å²) < 4.78 is 5.40. The van der Waals surface area contributed by atoms with Gasteiger partial charge in [-0.25, -0.2) is 0 Å². The van der Waals surface area contributed by atoms with Gasteiger partial charge in [0.2, 0.25) is 5.91 Å². The van der Waals surface area contributed by atoms with E-state index in [0.717, 1.165) is 10.6 Å². The molecule has 1 aromatic carbocycles. The van der Waals surface area contributed by atoms with E-state index in [1.807, 2.05) is 23.6 Å². The summed E-state index contributed by atoms with van der Waals surface area (Å²) in [6.45, 7) is 1.12. The molecule has 1 aliphatic rings. The fourth-order valence-electron chi connectivity index (χ4n) is 3.40. The number of carbonyl (C=O) groups excluding carboxylic acids is 3. The molecular formula is C22H20N2O4S. The molecule has 0 atom stereocenters. The SMILES string of the molecule is O=C(CCCN1C(=O)c2ccccc2C1=O)N(Cc1ccco1)Cc1cccs1. The Balaban J connectivity index is 1.37. The van der Waals surface area contributed by atoms with Crippen molar-refractivity contribution in [2.24, 2.45) is 0 Å². The molecule has 6 nitrogen and oxygen atoms in total. The second kappa shape index (κ2) is 8.45. The fourth-order valence-corrected chi connectivity index (χ4v) is 4.12. The van der Waals surface area contributed by atoms with Gasteiger partial charge in [-0.3, -0.25) is 19.3 Å². The molecule has 0 saturated carbocycles. The third-order valence-corrected chi connectivity index (χ3v) is 5.72. The molecule has 0 saturated heterocycles. The molecule has 3 aromatic rings. The maximum absolute atomic E-state index is 12.9. The van der Waals surface area contributed by atoms with Crippen molar-refractivity contribution in [1.29, 1.82) is 0 Å². The minimum absolute atomic E-state index is 0.0357. The minimum Gasteiger partial charge on any atom is -0.467 e.